The highest BCUT2D eigenvalue weighted by Gasteiger charge is 2.36. The minimum atomic E-state index is 0.428. The SMILES string of the molecule is CCCCCCCCCCCC(SOSC(CCCCCCCCCCC)C1CO1)C1CO1. The molecule has 33 heavy (non-hydrogen) atoms. The van der Waals surface area contributed by atoms with E-state index >= 15 is 0 Å². The van der Waals surface area contributed by atoms with Crippen LogP contribution >= 0.6 is 24.1 Å². The van der Waals surface area contributed by atoms with E-state index in [1.165, 1.54) is 128 Å². The number of rotatable bonds is 26. The molecule has 3 nitrogen and oxygen atoms in total. The predicted octanol–water partition coefficient (Wildman–Crippen LogP) is 9.68. The number of hydrogen-bond acceptors (Lipinski definition) is 5. The molecule has 2 heterocycles. The Hall–Kier alpha value is 0.580. The largest absolute Gasteiger partial charge is 0.372 e. The standard InChI is InChI=1S/C28H54O3S2/c1-3-5-7-9-11-13-15-17-19-21-27(25-23-29-25)32-31-33-28(26-24-30-26)22-20-18-16-14-12-10-8-6-4-2/h25-28H,3-24H2,1-2H3. The van der Waals surface area contributed by atoms with Crippen LogP contribution in [0.3, 0.4) is 0 Å². The minimum absolute atomic E-state index is 0.428. The van der Waals surface area contributed by atoms with Crippen molar-refractivity contribution in [2.75, 3.05) is 13.2 Å². The third-order valence-corrected chi connectivity index (χ3v) is 9.26. The normalized spacial score (nSPS) is 21.3. The van der Waals surface area contributed by atoms with Gasteiger partial charge < -0.3 is 9.47 Å². The van der Waals surface area contributed by atoms with Crippen LogP contribution in [0.1, 0.15) is 142 Å². The molecule has 2 saturated heterocycles. The summed E-state index contributed by atoms with van der Waals surface area (Å²) in [6, 6.07) is 0. The molecule has 0 bridgehead atoms. The van der Waals surface area contributed by atoms with E-state index in [1.807, 2.05) is 0 Å². The summed E-state index contributed by atoms with van der Waals surface area (Å²) in [5.74, 6) is 0. The molecule has 2 rings (SSSR count). The molecule has 0 spiro atoms. The minimum Gasteiger partial charge on any atom is -0.372 e. The average molecular weight is 503 g/mol. The quantitative estimate of drug-likeness (QED) is 0.0668. The molecule has 2 aliphatic heterocycles. The summed E-state index contributed by atoms with van der Waals surface area (Å²) in [5.41, 5.74) is 0. The molecular weight excluding hydrogens is 448 g/mol. The van der Waals surface area contributed by atoms with Crippen molar-refractivity contribution < 1.29 is 13.1 Å². The summed E-state index contributed by atoms with van der Waals surface area (Å²) >= 11 is 3.36. The van der Waals surface area contributed by atoms with Gasteiger partial charge in [0.15, 0.2) is 0 Å². The van der Waals surface area contributed by atoms with Crippen LogP contribution in [-0.2, 0) is 13.1 Å². The summed E-state index contributed by atoms with van der Waals surface area (Å²) in [4.78, 5) is 0. The van der Waals surface area contributed by atoms with E-state index < -0.39 is 0 Å². The van der Waals surface area contributed by atoms with Crippen LogP contribution in [0.25, 0.3) is 0 Å². The highest BCUT2D eigenvalue weighted by atomic mass is 32.2. The van der Waals surface area contributed by atoms with Crippen LogP contribution in [0.5, 0.6) is 0 Å². The molecule has 5 heteroatoms. The van der Waals surface area contributed by atoms with Gasteiger partial charge in [-0.05, 0) is 12.8 Å². The molecule has 0 saturated carbocycles. The second kappa shape index (κ2) is 20.7. The Kier molecular flexibility index (Phi) is 18.7. The van der Waals surface area contributed by atoms with E-state index in [-0.39, 0.29) is 0 Å². The third kappa shape index (κ3) is 16.8. The van der Waals surface area contributed by atoms with E-state index in [1.54, 1.807) is 24.1 Å². The lowest BCUT2D eigenvalue weighted by atomic mass is 10.1. The van der Waals surface area contributed by atoms with Gasteiger partial charge in [0, 0.05) is 24.1 Å². The summed E-state index contributed by atoms with van der Waals surface area (Å²) in [6.45, 7) is 6.43. The second-order valence-electron chi connectivity index (χ2n) is 10.3. The van der Waals surface area contributed by atoms with Gasteiger partial charge in [0.2, 0.25) is 0 Å². The predicted molar refractivity (Wildman–Crippen MR) is 147 cm³/mol. The average Bonchev–Trinajstić information content (AvgIpc) is 3.72. The number of epoxide rings is 2. The van der Waals surface area contributed by atoms with E-state index in [4.69, 9.17) is 13.1 Å². The fourth-order valence-electron chi connectivity index (χ4n) is 4.57. The zero-order chi connectivity index (χ0) is 23.4. The molecule has 2 fully saturated rings. The Morgan fingerprint density at radius 1 is 0.545 bits per heavy atom. The lowest BCUT2D eigenvalue weighted by Gasteiger charge is -2.16. The first kappa shape index (κ1) is 29.8. The van der Waals surface area contributed by atoms with Crippen LogP contribution in [0.4, 0.5) is 0 Å². The fraction of sp³-hybridized carbons (Fsp3) is 1.00. The molecule has 2 aliphatic rings. The molecule has 196 valence electrons. The molecule has 0 aliphatic carbocycles. The topological polar surface area (TPSA) is 34.3 Å². The lowest BCUT2D eigenvalue weighted by Crippen LogP contribution is -2.14. The van der Waals surface area contributed by atoms with Crippen molar-refractivity contribution in [3.05, 3.63) is 0 Å². The first-order valence-corrected chi connectivity index (χ1v) is 16.2. The van der Waals surface area contributed by atoms with Gasteiger partial charge in [-0.15, -0.1) is 0 Å². The van der Waals surface area contributed by atoms with Crippen molar-refractivity contribution in [1.82, 2.24) is 0 Å². The third-order valence-electron chi connectivity index (χ3n) is 7.06. The number of ether oxygens (including phenoxy) is 2. The van der Waals surface area contributed by atoms with Crippen molar-refractivity contribution >= 4 is 24.1 Å². The van der Waals surface area contributed by atoms with Gasteiger partial charge in [-0.25, -0.2) is 3.63 Å². The smallest absolute Gasteiger partial charge is 0.0950 e. The van der Waals surface area contributed by atoms with Crippen LogP contribution < -0.4 is 0 Å². The Morgan fingerprint density at radius 2 is 0.848 bits per heavy atom. The molecule has 0 aromatic carbocycles. The summed E-state index contributed by atoms with van der Waals surface area (Å²) in [6.07, 6.45) is 28.3. The molecule has 0 aromatic heterocycles. The highest BCUT2D eigenvalue weighted by molar-refractivity contribution is 8.08. The monoisotopic (exact) mass is 502 g/mol. The second-order valence-corrected chi connectivity index (χ2v) is 12.5. The molecular formula is C28H54O3S2. The van der Waals surface area contributed by atoms with E-state index in [0.29, 0.717) is 22.7 Å². The first-order chi connectivity index (χ1) is 16.3. The van der Waals surface area contributed by atoms with E-state index in [9.17, 15) is 0 Å². The maximum Gasteiger partial charge on any atom is 0.0950 e. The summed E-state index contributed by atoms with van der Waals surface area (Å²) < 4.78 is 17.3. The van der Waals surface area contributed by atoms with Crippen LogP contribution in [0, 0.1) is 0 Å². The zero-order valence-corrected chi connectivity index (χ0v) is 23.5. The van der Waals surface area contributed by atoms with Crippen LogP contribution in [0.15, 0.2) is 0 Å². The lowest BCUT2D eigenvalue weighted by molar-refractivity contribution is 0.387. The molecule has 4 unspecified atom stereocenters. The Balaban J connectivity index is 1.45. The van der Waals surface area contributed by atoms with Crippen molar-refractivity contribution in [1.29, 1.82) is 0 Å². The molecule has 0 N–H and O–H groups in total. The number of unbranched alkanes of at least 4 members (excludes halogenated alkanes) is 16. The first-order valence-electron chi connectivity index (χ1n) is 14.6. The van der Waals surface area contributed by atoms with Gasteiger partial charge >= 0.3 is 0 Å². The van der Waals surface area contributed by atoms with Crippen molar-refractivity contribution in [3.8, 4) is 0 Å². The summed E-state index contributed by atoms with van der Waals surface area (Å²) in [7, 11) is 0. The maximum absolute atomic E-state index is 6.10. The Labute approximate surface area is 215 Å². The van der Waals surface area contributed by atoms with Gasteiger partial charge in [-0.1, -0.05) is 129 Å². The van der Waals surface area contributed by atoms with Crippen molar-refractivity contribution in [3.63, 3.8) is 0 Å². The Bertz CT molecular complexity index is 391. The molecule has 0 amide bonds. The van der Waals surface area contributed by atoms with Crippen LogP contribution in [-0.4, -0.2) is 35.9 Å². The zero-order valence-electron chi connectivity index (χ0n) is 21.9. The van der Waals surface area contributed by atoms with Crippen LogP contribution in [0.2, 0.25) is 0 Å². The number of hydrogen-bond donors (Lipinski definition) is 0. The van der Waals surface area contributed by atoms with E-state index in [2.05, 4.69) is 13.8 Å². The van der Waals surface area contributed by atoms with Crippen molar-refractivity contribution in [2.24, 2.45) is 0 Å². The molecule has 0 radical (unpaired) electrons. The molecule has 0 aromatic rings. The fourth-order valence-corrected chi connectivity index (χ4v) is 6.64. The molecule has 4 atom stereocenters. The van der Waals surface area contributed by atoms with Gasteiger partial charge in [0.05, 0.1) is 35.9 Å². The van der Waals surface area contributed by atoms with Gasteiger partial charge in [-0.2, -0.15) is 0 Å². The Morgan fingerprint density at radius 3 is 1.15 bits per heavy atom. The van der Waals surface area contributed by atoms with Gasteiger partial charge in [0.1, 0.15) is 0 Å². The van der Waals surface area contributed by atoms with E-state index in [0.717, 1.165) is 13.2 Å². The van der Waals surface area contributed by atoms with Gasteiger partial charge in [-0.3, -0.25) is 0 Å². The van der Waals surface area contributed by atoms with Gasteiger partial charge in [0.25, 0.3) is 0 Å². The maximum atomic E-state index is 6.10. The highest BCUT2D eigenvalue weighted by Crippen LogP contribution is 2.38. The summed E-state index contributed by atoms with van der Waals surface area (Å²) in [5, 5.41) is 1.02. The van der Waals surface area contributed by atoms with Crippen molar-refractivity contribution in [2.45, 2.75) is 165 Å².